The highest BCUT2D eigenvalue weighted by atomic mass is 16.5. The van der Waals surface area contributed by atoms with Crippen molar-refractivity contribution in [3.63, 3.8) is 0 Å². The van der Waals surface area contributed by atoms with Gasteiger partial charge >= 0.3 is 0 Å². The maximum atomic E-state index is 6.29. The Balaban J connectivity index is 0.866. The number of furan rings is 1. The molecule has 12 aromatic carbocycles. The Morgan fingerprint density at radius 1 is 0.370 bits per heavy atom. The fourth-order valence-electron chi connectivity index (χ4n) is 13.5. The first-order valence-electron chi connectivity index (χ1n) is 28.0. The summed E-state index contributed by atoms with van der Waals surface area (Å²) >= 11 is 0. The molecule has 4 heteroatoms. The molecule has 0 N–H and O–H groups in total. The van der Waals surface area contributed by atoms with Crippen molar-refractivity contribution in [2.45, 2.75) is 17.8 Å². The Bertz CT molecular complexity index is 4580. The van der Waals surface area contributed by atoms with E-state index in [0.717, 1.165) is 85.1 Å². The van der Waals surface area contributed by atoms with E-state index in [0.29, 0.717) is 0 Å². The van der Waals surface area contributed by atoms with Crippen LogP contribution in [0.1, 0.15) is 45.7 Å². The molecular formula is C77H52N2O2. The van der Waals surface area contributed by atoms with E-state index in [1.54, 1.807) is 0 Å². The quantitative estimate of drug-likeness (QED) is 0.136. The molecule has 3 aliphatic rings. The molecule has 0 radical (unpaired) electrons. The van der Waals surface area contributed by atoms with Crippen molar-refractivity contribution in [2.75, 3.05) is 9.80 Å². The molecule has 1 unspecified atom stereocenters. The molecule has 81 heavy (non-hydrogen) atoms. The summed E-state index contributed by atoms with van der Waals surface area (Å²) in [5, 5.41) is 4.63. The molecule has 1 aliphatic heterocycles. The van der Waals surface area contributed by atoms with Gasteiger partial charge in [0.05, 0.1) is 11.1 Å². The molecule has 0 amide bonds. The molecule has 0 spiro atoms. The van der Waals surface area contributed by atoms with Gasteiger partial charge < -0.3 is 19.0 Å². The van der Waals surface area contributed by atoms with Gasteiger partial charge in [-0.15, -0.1) is 0 Å². The average molecular weight is 1040 g/mol. The van der Waals surface area contributed by atoms with Crippen molar-refractivity contribution < 1.29 is 9.15 Å². The second kappa shape index (κ2) is 18.9. The normalized spacial score (nSPS) is 14.6. The molecule has 0 bridgehead atoms. The van der Waals surface area contributed by atoms with E-state index >= 15 is 0 Å². The van der Waals surface area contributed by atoms with Crippen LogP contribution in [0.3, 0.4) is 0 Å². The van der Waals surface area contributed by atoms with E-state index in [4.69, 9.17) is 9.15 Å². The number of benzene rings is 12. The molecule has 0 fully saturated rings. The predicted molar refractivity (Wildman–Crippen MR) is 334 cm³/mol. The van der Waals surface area contributed by atoms with Crippen LogP contribution in [0.15, 0.2) is 307 Å². The molecule has 0 saturated heterocycles. The maximum Gasteiger partial charge on any atom is 0.135 e. The topological polar surface area (TPSA) is 28.9 Å². The Morgan fingerprint density at radius 3 is 1.63 bits per heavy atom. The largest absolute Gasteiger partial charge is 0.461 e. The minimum atomic E-state index is -0.724. The molecule has 382 valence electrons. The number of rotatable bonds is 10. The van der Waals surface area contributed by atoms with Crippen molar-refractivity contribution >= 4 is 72.4 Å². The SMILES string of the molecule is C1=C(c2ccc(N(c3ccccc3)c3cc4c(c5ccccc35)-c3ccc(N(c5ccccc5)c5ccc(-c6ccc7oc8ccccc8c7c6)cc5)cc3C4(c3ccccc3)c3ccccc3)cc2)CC2C(=C1)Oc1ccccc12. The minimum absolute atomic E-state index is 0.221. The van der Waals surface area contributed by atoms with Crippen molar-refractivity contribution in [1.82, 2.24) is 0 Å². The van der Waals surface area contributed by atoms with Crippen LogP contribution in [0.2, 0.25) is 0 Å². The van der Waals surface area contributed by atoms with Crippen LogP contribution < -0.4 is 14.5 Å². The average Bonchev–Trinajstić information content (AvgIpc) is 4.29. The molecule has 13 aromatic rings. The number of para-hydroxylation sites is 4. The molecule has 16 rings (SSSR count). The molecule has 0 saturated carbocycles. The lowest BCUT2D eigenvalue weighted by atomic mass is 9.67. The summed E-state index contributed by atoms with van der Waals surface area (Å²) in [6.07, 6.45) is 5.30. The monoisotopic (exact) mass is 1040 g/mol. The van der Waals surface area contributed by atoms with Crippen LogP contribution in [0.5, 0.6) is 5.75 Å². The van der Waals surface area contributed by atoms with E-state index in [2.05, 4.69) is 295 Å². The number of nitrogens with zero attached hydrogens (tertiary/aromatic N) is 2. The number of fused-ring (bicyclic) bond motifs is 11. The summed E-state index contributed by atoms with van der Waals surface area (Å²) in [7, 11) is 0. The summed E-state index contributed by atoms with van der Waals surface area (Å²) in [4.78, 5) is 4.87. The fourth-order valence-corrected chi connectivity index (χ4v) is 13.5. The molecule has 4 nitrogen and oxygen atoms in total. The van der Waals surface area contributed by atoms with E-state index in [9.17, 15) is 0 Å². The van der Waals surface area contributed by atoms with Gasteiger partial charge in [-0.05, 0) is 165 Å². The smallest absolute Gasteiger partial charge is 0.135 e. The van der Waals surface area contributed by atoms with Crippen LogP contribution in [0.4, 0.5) is 34.1 Å². The summed E-state index contributed by atoms with van der Waals surface area (Å²) in [6.45, 7) is 0. The van der Waals surface area contributed by atoms with Crippen LogP contribution in [0, 0.1) is 0 Å². The third-order valence-corrected chi connectivity index (χ3v) is 17.1. The lowest BCUT2D eigenvalue weighted by molar-refractivity contribution is 0.426. The maximum absolute atomic E-state index is 6.29. The van der Waals surface area contributed by atoms with Gasteiger partial charge in [-0.3, -0.25) is 0 Å². The highest BCUT2D eigenvalue weighted by molar-refractivity contribution is 6.11. The number of hydrogen-bond acceptors (Lipinski definition) is 4. The van der Waals surface area contributed by atoms with Crippen LogP contribution >= 0.6 is 0 Å². The van der Waals surface area contributed by atoms with Gasteiger partial charge in [0.15, 0.2) is 0 Å². The summed E-state index contributed by atoms with van der Waals surface area (Å²) in [6, 6.07) is 104. The summed E-state index contributed by atoms with van der Waals surface area (Å²) in [5.41, 5.74) is 21.0. The van der Waals surface area contributed by atoms with E-state index in [1.165, 1.54) is 60.9 Å². The lowest BCUT2D eigenvalue weighted by Gasteiger charge is -2.36. The van der Waals surface area contributed by atoms with E-state index in [1.807, 2.05) is 12.1 Å². The first kappa shape index (κ1) is 46.7. The minimum Gasteiger partial charge on any atom is -0.461 e. The zero-order valence-corrected chi connectivity index (χ0v) is 44.3. The van der Waals surface area contributed by atoms with Gasteiger partial charge in [-0.2, -0.15) is 0 Å². The van der Waals surface area contributed by atoms with Crippen molar-refractivity contribution in [1.29, 1.82) is 0 Å². The van der Waals surface area contributed by atoms with Gasteiger partial charge in [-0.1, -0.05) is 200 Å². The number of allylic oxidation sites excluding steroid dienone is 4. The van der Waals surface area contributed by atoms with Crippen molar-refractivity contribution in [3.05, 3.63) is 336 Å². The summed E-state index contributed by atoms with van der Waals surface area (Å²) in [5.74, 6) is 2.22. The molecule has 1 atom stereocenters. The van der Waals surface area contributed by atoms with Crippen molar-refractivity contribution in [2.24, 2.45) is 0 Å². The van der Waals surface area contributed by atoms with Gasteiger partial charge in [0.25, 0.3) is 0 Å². The second-order valence-electron chi connectivity index (χ2n) is 21.5. The Hall–Kier alpha value is -10.4. The van der Waals surface area contributed by atoms with Gasteiger partial charge in [0.2, 0.25) is 0 Å². The zero-order valence-electron chi connectivity index (χ0n) is 44.3. The first-order valence-corrected chi connectivity index (χ1v) is 28.0. The molecule has 2 aliphatic carbocycles. The van der Waals surface area contributed by atoms with Gasteiger partial charge in [-0.25, -0.2) is 0 Å². The van der Waals surface area contributed by atoms with Crippen LogP contribution in [0.25, 0.3) is 60.5 Å². The van der Waals surface area contributed by atoms with Gasteiger partial charge in [0.1, 0.15) is 22.7 Å². The van der Waals surface area contributed by atoms with E-state index < -0.39 is 5.41 Å². The number of hydrogen-bond donors (Lipinski definition) is 0. The molecular weight excluding hydrogens is 985 g/mol. The standard InChI is InChI=1S/C77H52N2O2/c1-5-19-55(20-6-1)77(56-21-7-2-8-22-56)69-49-61(78(57-23-9-3-10-24-57)59-39-33-51(34-40-59)53-37-45-74-67(47-53)63-28-15-17-31-72(63)80-74)43-44-66(69)76-65-30-14-13-27-62(65)71(50-70(76)77)79(58-25-11-4-12-26-58)60-41-35-52(36-42-60)54-38-46-75-68(48-54)64-29-16-18-32-73(64)81-75/h1-47,49-50,68H,48H2. The van der Waals surface area contributed by atoms with E-state index in [-0.39, 0.29) is 5.92 Å². The predicted octanol–water partition coefficient (Wildman–Crippen LogP) is 20.6. The second-order valence-corrected chi connectivity index (χ2v) is 21.5. The van der Waals surface area contributed by atoms with Crippen LogP contribution in [-0.4, -0.2) is 0 Å². The number of ether oxygens (including phenoxy) is 1. The number of anilines is 6. The lowest BCUT2D eigenvalue weighted by Crippen LogP contribution is -2.29. The van der Waals surface area contributed by atoms with Crippen molar-refractivity contribution in [3.8, 4) is 28.0 Å². The summed E-state index contributed by atoms with van der Waals surface area (Å²) < 4.78 is 12.5. The third-order valence-electron chi connectivity index (χ3n) is 17.1. The van der Waals surface area contributed by atoms with Crippen LogP contribution in [-0.2, 0) is 5.41 Å². The fraction of sp³-hybridized carbons (Fsp3) is 0.0390. The zero-order chi connectivity index (χ0) is 53.4. The first-order chi connectivity index (χ1) is 40.2. The Kier molecular flexibility index (Phi) is 10.9. The molecule has 1 aromatic heterocycles. The third kappa shape index (κ3) is 7.52. The molecule has 2 heterocycles. The highest BCUT2D eigenvalue weighted by Gasteiger charge is 2.48. The highest BCUT2D eigenvalue weighted by Crippen LogP contribution is 2.61. The van der Waals surface area contributed by atoms with Gasteiger partial charge in [0, 0.05) is 56.1 Å². The Labute approximate surface area is 471 Å². The Morgan fingerprint density at radius 2 is 0.914 bits per heavy atom.